The summed E-state index contributed by atoms with van der Waals surface area (Å²) in [5.74, 6) is 0.140. The molecule has 0 aromatic heterocycles. The summed E-state index contributed by atoms with van der Waals surface area (Å²) in [6.45, 7) is 8.47. The minimum atomic E-state index is 0.140. The van der Waals surface area contributed by atoms with Gasteiger partial charge >= 0.3 is 0 Å². The van der Waals surface area contributed by atoms with Crippen molar-refractivity contribution in [2.24, 2.45) is 0 Å². The smallest absolute Gasteiger partial charge is 0.234 e. The predicted molar refractivity (Wildman–Crippen MR) is 111 cm³/mol. The van der Waals surface area contributed by atoms with Gasteiger partial charge in [-0.2, -0.15) is 0 Å². The van der Waals surface area contributed by atoms with Gasteiger partial charge in [-0.3, -0.25) is 9.69 Å². The Labute approximate surface area is 163 Å². The van der Waals surface area contributed by atoms with Crippen LogP contribution in [-0.4, -0.2) is 61.5 Å². The first-order valence-electron chi connectivity index (χ1n) is 10.0. The summed E-state index contributed by atoms with van der Waals surface area (Å²) >= 11 is 0. The van der Waals surface area contributed by atoms with E-state index in [1.807, 2.05) is 0 Å². The second-order valence-electron chi connectivity index (χ2n) is 7.38. The predicted octanol–water partition coefficient (Wildman–Crippen LogP) is 2.51. The Morgan fingerprint density at radius 3 is 2.30 bits per heavy atom. The standard InChI is InChI=1S/C23H31N3O/c1-20-7-5-6-10-22(20)11-13-24-23(27)19-26-17-15-25(16-18-26)14-12-21-8-3-2-4-9-21/h2-10H,11-19H2,1H3,(H,24,27). The lowest BCUT2D eigenvalue weighted by Gasteiger charge is -2.34. The van der Waals surface area contributed by atoms with Crippen LogP contribution >= 0.6 is 0 Å². The van der Waals surface area contributed by atoms with Gasteiger partial charge < -0.3 is 10.2 Å². The van der Waals surface area contributed by atoms with Gasteiger partial charge in [-0.15, -0.1) is 0 Å². The van der Waals surface area contributed by atoms with Crippen molar-refractivity contribution < 1.29 is 4.79 Å². The highest BCUT2D eigenvalue weighted by Gasteiger charge is 2.18. The first kappa shape index (κ1) is 19.6. The van der Waals surface area contributed by atoms with E-state index in [1.54, 1.807) is 0 Å². The Morgan fingerprint density at radius 1 is 0.889 bits per heavy atom. The Balaban J connectivity index is 1.30. The van der Waals surface area contributed by atoms with Crippen molar-refractivity contribution in [1.29, 1.82) is 0 Å². The summed E-state index contributed by atoms with van der Waals surface area (Å²) in [6.07, 6.45) is 1.99. The quantitative estimate of drug-likeness (QED) is 0.781. The van der Waals surface area contributed by atoms with Crippen LogP contribution in [0.5, 0.6) is 0 Å². The Bertz CT molecular complexity index is 709. The third kappa shape index (κ3) is 6.49. The van der Waals surface area contributed by atoms with E-state index in [0.717, 1.165) is 45.6 Å². The highest BCUT2D eigenvalue weighted by atomic mass is 16.2. The molecular formula is C23H31N3O. The largest absolute Gasteiger partial charge is 0.355 e. The number of nitrogens with one attached hydrogen (secondary N) is 1. The first-order valence-corrected chi connectivity index (χ1v) is 10.0. The number of hydrogen-bond donors (Lipinski definition) is 1. The van der Waals surface area contributed by atoms with E-state index >= 15 is 0 Å². The van der Waals surface area contributed by atoms with E-state index in [4.69, 9.17) is 0 Å². The summed E-state index contributed by atoms with van der Waals surface area (Å²) in [5.41, 5.74) is 4.00. The first-order chi connectivity index (χ1) is 13.2. The third-order valence-electron chi connectivity index (χ3n) is 5.37. The molecular weight excluding hydrogens is 334 g/mol. The van der Waals surface area contributed by atoms with E-state index < -0.39 is 0 Å². The average molecular weight is 366 g/mol. The van der Waals surface area contributed by atoms with Crippen molar-refractivity contribution in [3.63, 3.8) is 0 Å². The van der Waals surface area contributed by atoms with Crippen molar-refractivity contribution in [1.82, 2.24) is 15.1 Å². The number of aryl methyl sites for hydroxylation is 1. The molecule has 2 aromatic carbocycles. The average Bonchev–Trinajstić information content (AvgIpc) is 2.70. The maximum Gasteiger partial charge on any atom is 0.234 e. The summed E-state index contributed by atoms with van der Waals surface area (Å²) in [4.78, 5) is 17.0. The van der Waals surface area contributed by atoms with E-state index in [0.29, 0.717) is 13.1 Å². The number of carbonyl (C=O) groups excluding carboxylic acids is 1. The molecule has 4 heteroatoms. The van der Waals surface area contributed by atoms with E-state index in [2.05, 4.69) is 76.6 Å². The summed E-state index contributed by atoms with van der Waals surface area (Å²) < 4.78 is 0. The Kier molecular flexibility index (Phi) is 7.43. The van der Waals surface area contributed by atoms with Gasteiger partial charge in [0.15, 0.2) is 0 Å². The van der Waals surface area contributed by atoms with Crippen LogP contribution in [0.1, 0.15) is 16.7 Å². The van der Waals surface area contributed by atoms with E-state index in [9.17, 15) is 4.79 Å². The molecule has 1 fully saturated rings. The van der Waals surface area contributed by atoms with Crippen LogP contribution in [0.4, 0.5) is 0 Å². The van der Waals surface area contributed by atoms with E-state index in [1.165, 1.54) is 16.7 Å². The molecule has 3 rings (SSSR count). The molecule has 0 atom stereocenters. The molecule has 1 N–H and O–H groups in total. The molecule has 1 saturated heterocycles. The van der Waals surface area contributed by atoms with E-state index in [-0.39, 0.29) is 5.91 Å². The molecule has 2 aromatic rings. The number of hydrogen-bond acceptors (Lipinski definition) is 3. The van der Waals surface area contributed by atoms with Gasteiger partial charge in [0.1, 0.15) is 0 Å². The molecule has 1 aliphatic heterocycles. The number of amides is 1. The van der Waals surface area contributed by atoms with Crippen LogP contribution < -0.4 is 5.32 Å². The number of piperazine rings is 1. The number of carbonyl (C=O) groups is 1. The van der Waals surface area contributed by atoms with Crippen molar-refractivity contribution in [2.75, 3.05) is 45.8 Å². The van der Waals surface area contributed by atoms with Crippen molar-refractivity contribution in [3.8, 4) is 0 Å². The fourth-order valence-electron chi connectivity index (χ4n) is 3.59. The monoisotopic (exact) mass is 365 g/mol. The van der Waals surface area contributed by atoms with Crippen LogP contribution in [0.2, 0.25) is 0 Å². The molecule has 144 valence electrons. The van der Waals surface area contributed by atoms with Crippen LogP contribution in [0.25, 0.3) is 0 Å². The molecule has 4 nitrogen and oxygen atoms in total. The second-order valence-corrected chi connectivity index (χ2v) is 7.38. The fourth-order valence-corrected chi connectivity index (χ4v) is 3.59. The van der Waals surface area contributed by atoms with Gasteiger partial charge in [0, 0.05) is 39.3 Å². The Morgan fingerprint density at radius 2 is 1.56 bits per heavy atom. The number of nitrogens with zero attached hydrogens (tertiary/aromatic N) is 2. The lowest BCUT2D eigenvalue weighted by atomic mass is 10.1. The van der Waals surface area contributed by atoms with Crippen LogP contribution in [0, 0.1) is 6.92 Å². The molecule has 0 unspecified atom stereocenters. The zero-order chi connectivity index (χ0) is 18.9. The fraction of sp³-hybridized carbons (Fsp3) is 0.435. The molecule has 0 bridgehead atoms. The topological polar surface area (TPSA) is 35.6 Å². The SMILES string of the molecule is Cc1ccccc1CCNC(=O)CN1CCN(CCc2ccccc2)CC1. The molecule has 0 saturated carbocycles. The van der Waals surface area contributed by atoms with Crippen LogP contribution in [0.3, 0.4) is 0 Å². The highest BCUT2D eigenvalue weighted by molar-refractivity contribution is 5.78. The Hall–Kier alpha value is -2.17. The minimum Gasteiger partial charge on any atom is -0.355 e. The van der Waals surface area contributed by atoms with Crippen molar-refractivity contribution in [2.45, 2.75) is 19.8 Å². The lowest BCUT2D eigenvalue weighted by molar-refractivity contribution is -0.122. The molecule has 1 aliphatic rings. The van der Waals surface area contributed by atoms with Gasteiger partial charge in [0.25, 0.3) is 0 Å². The maximum absolute atomic E-state index is 12.2. The molecule has 1 amide bonds. The van der Waals surface area contributed by atoms with Gasteiger partial charge in [-0.05, 0) is 36.5 Å². The summed E-state index contributed by atoms with van der Waals surface area (Å²) in [7, 11) is 0. The molecule has 0 radical (unpaired) electrons. The highest BCUT2D eigenvalue weighted by Crippen LogP contribution is 2.07. The molecule has 27 heavy (non-hydrogen) atoms. The summed E-state index contributed by atoms with van der Waals surface area (Å²) in [5, 5.41) is 3.07. The number of rotatable bonds is 8. The summed E-state index contributed by atoms with van der Waals surface area (Å²) in [6, 6.07) is 19.0. The van der Waals surface area contributed by atoms with Gasteiger partial charge in [-0.1, -0.05) is 54.6 Å². The molecule has 0 spiro atoms. The minimum absolute atomic E-state index is 0.140. The second kappa shape index (κ2) is 10.2. The normalized spacial score (nSPS) is 15.6. The van der Waals surface area contributed by atoms with Crippen LogP contribution in [-0.2, 0) is 17.6 Å². The zero-order valence-corrected chi connectivity index (χ0v) is 16.4. The number of benzene rings is 2. The van der Waals surface area contributed by atoms with Crippen molar-refractivity contribution >= 4 is 5.91 Å². The van der Waals surface area contributed by atoms with Gasteiger partial charge in [0.05, 0.1) is 6.54 Å². The molecule has 1 heterocycles. The maximum atomic E-state index is 12.2. The van der Waals surface area contributed by atoms with Gasteiger partial charge in [0.2, 0.25) is 5.91 Å². The zero-order valence-electron chi connectivity index (χ0n) is 16.4. The molecule has 0 aliphatic carbocycles. The van der Waals surface area contributed by atoms with Crippen molar-refractivity contribution in [3.05, 3.63) is 71.3 Å². The van der Waals surface area contributed by atoms with Crippen LogP contribution in [0.15, 0.2) is 54.6 Å². The van der Waals surface area contributed by atoms with Gasteiger partial charge in [-0.25, -0.2) is 0 Å². The third-order valence-corrected chi connectivity index (χ3v) is 5.37. The lowest BCUT2D eigenvalue weighted by Crippen LogP contribution is -2.49.